The van der Waals surface area contributed by atoms with Gasteiger partial charge in [0.1, 0.15) is 16.4 Å². The Morgan fingerprint density at radius 2 is 2.03 bits per heavy atom. The van der Waals surface area contributed by atoms with Crippen LogP contribution in [-0.4, -0.2) is 58.9 Å². The molecule has 1 aliphatic heterocycles. The van der Waals surface area contributed by atoms with E-state index >= 15 is 0 Å². The molecular weight excluding hydrogens is 400 g/mol. The van der Waals surface area contributed by atoms with Crippen molar-refractivity contribution in [1.82, 2.24) is 19.7 Å². The molecule has 0 radical (unpaired) electrons. The van der Waals surface area contributed by atoms with Gasteiger partial charge in [0.2, 0.25) is 11.8 Å². The van der Waals surface area contributed by atoms with Crippen LogP contribution >= 0.6 is 0 Å². The largest absolute Gasteiger partial charge is 0.479 e. The molecule has 152 valence electrons. The first-order valence-corrected chi connectivity index (χ1v) is 10.1. The van der Waals surface area contributed by atoms with Crippen LogP contribution in [0.4, 0.5) is 11.5 Å². The smallest absolute Gasteiger partial charge is 0.263 e. The third-order valence-electron chi connectivity index (χ3n) is 4.58. The van der Waals surface area contributed by atoms with Crippen LogP contribution < -0.4 is 14.4 Å². The number of aromatic nitrogens is 4. The Kier molecular flexibility index (Phi) is 4.59. The molecule has 29 heavy (non-hydrogen) atoms. The number of sulfonamides is 1. The summed E-state index contributed by atoms with van der Waals surface area (Å²) in [6, 6.07) is 2.76. The topological polar surface area (TPSA) is 140 Å². The van der Waals surface area contributed by atoms with Gasteiger partial charge in [-0.2, -0.15) is 5.10 Å². The number of anilines is 2. The third-order valence-corrected chi connectivity index (χ3v) is 5.92. The number of fused-ring (bicyclic) bond motifs is 1. The SMILES string of the molecule is COc1ncc2cnn(C)c2c1NS(=O)(=O)c1ccc(N2CC(O)CC2=O)nc1. The van der Waals surface area contributed by atoms with E-state index in [1.165, 1.54) is 35.0 Å². The average molecular weight is 418 g/mol. The molecular formula is C17H18N6O5S. The van der Waals surface area contributed by atoms with Crippen molar-refractivity contribution in [1.29, 1.82) is 0 Å². The van der Waals surface area contributed by atoms with E-state index in [0.29, 0.717) is 10.9 Å². The molecule has 1 aliphatic rings. The predicted molar refractivity (Wildman–Crippen MR) is 103 cm³/mol. The summed E-state index contributed by atoms with van der Waals surface area (Å²) in [7, 11) is -0.956. The molecule has 12 heteroatoms. The van der Waals surface area contributed by atoms with E-state index in [1.54, 1.807) is 13.2 Å². The zero-order valence-corrected chi connectivity index (χ0v) is 16.4. The number of carbonyl (C=O) groups excluding carboxylic acids is 1. The molecule has 0 aliphatic carbocycles. The summed E-state index contributed by atoms with van der Waals surface area (Å²) < 4.78 is 35.0. The number of nitrogens with one attached hydrogen (secondary N) is 1. The molecule has 0 spiro atoms. The van der Waals surface area contributed by atoms with Gasteiger partial charge < -0.3 is 9.84 Å². The Hall–Kier alpha value is -3.25. The normalized spacial score (nSPS) is 17.1. The molecule has 3 aromatic heterocycles. The van der Waals surface area contributed by atoms with Crippen LogP contribution in [0, 0.1) is 0 Å². The summed E-state index contributed by atoms with van der Waals surface area (Å²) in [5, 5.41) is 14.4. The van der Waals surface area contributed by atoms with E-state index in [9.17, 15) is 18.3 Å². The minimum absolute atomic E-state index is 0.0186. The van der Waals surface area contributed by atoms with E-state index in [1.807, 2.05) is 0 Å². The highest BCUT2D eigenvalue weighted by Crippen LogP contribution is 2.32. The number of pyridine rings is 2. The maximum absolute atomic E-state index is 12.9. The van der Waals surface area contributed by atoms with Crippen molar-refractivity contribution >= 4 is 38.3 Å². The first-order valence-electron chi connectivity index (χ1n) is 8.62. The van der Waals surface area contributed by atoms with Crippen molar-refractivity contribution in [3.8, 4) is 5.88 Å². The zero-order valence-electron chi connectivity index (χ0n) is 15.6. The second kappa shape index (κ2) is 6.97. The van der Waals surface area contributed by atoms with Gasteiger partial charge in [-0.05, 0) is 12.1 Å². The van der Waals surface area contributed by atoms with E-state index in [-0.39, 0.29) is 41.2 Å². The molecule has 1 unspecified atom stereocenters. The Morgan fingerprint density at radius 1 is 1.24 bits per heavy atom. The van der Waals surface area contributed by atoms with Crippen LogP contribution in [0.2, 0.25) is 0 Å². The van der Waals surface area contributed by atoms with E-state index in [4.69, 9.17) is 4.74 Å². The Bertz CT molecular complexity index is 1190. The van der Waals surface area contributed by atoms with Gasteiger partial charge in [0.25, 0.3) is 10.0 Å². The molecule has 11 nitrogen and oxygen atoms in total. The number of ether oxygens (including phenoxy) is 1. The van der Waals surface area contributed by atoms with Gasteiger partial charge in [0.05, 0.1) is 37.9 Å². The predicted octanol–water partition coefficient (Wildman–Crippen LogP) is 0.270. The first-order chi connectivity index (χ1) is 13.8. The van der Waals surface area contributed by atoms with Crippen molar-refractivity contribution < 1.29 is 23.1 Å². The minimum atomic E-state index is -4.02. The van der Waals surface area contributed by atoms with Gasteiger partial charge in [-0.3, -0.25) is 19.1 Å². The fourth-order valence-corrected chi connectivity index (χ4v) is 4.20. The van der Waals surface area contributed by atoms with E-state index < -0.39 is 16.1 Å². The Morgan fingerprint density at radius 3 is 2.66 bits per heavy atom. The van der Waals surface area contributed by atoms with Crippen LogP contribution in [0.25, 0.3) is 10.9 Å². The maximum Gasteiger partial charge on any atom is 0.263 e. The number of amides is 1. The number of aliphatic hydroxyl groups excluding tert-OH is 1. The second-order valence-electron chi connectivity index (χ2n) is 6.53. The fourth-order valence-electron chi connectivity index (χ4n) is 3.19. The molecule has 4 heterocycles. The summed E-state index contributed by atoms with van der Waals surface area (Å²) in [6.45, 7) is 0.127. The lowest BCUT2D eigenvalue weighted by molar-refractivity contribution is -0.117. The standard InChI is InChI=1S/C17H18N6O5S/c1-22-16-10(7-20-22)6-19-17(28-2)15(16)21-29(26,27)12-3-4-13(18-8-12)23-9-11(24)5-14(23)25/h3-4,6-8,11,21,24H,5,9H2,1-2H3. The Balaban J connectivity index is 1.67. The first kappa shape index (κ1) is 19.1. The monoisotopic (exact) mass is 418 g/mol. The lowest BCUT2D eigenvalue weighted by Crippen LogP contribution is -2.26. The molecule has 1 atom stereocenters. The highest BCUT2D eigenvalue weighted by atomic mass is 32.2. The van der Waals surface area contributed by atoms with Crippen LogP contribution in [0.15, 0.2) is 35.6 Å². The van der Waals surface area contributed by atoms with Gasteiger partial charge in [0.15, 0.2) is 0 Å². The molecule has 4 rings (SSSR count). The van der Waals surface area contributed by atoms with Crippen LogP contribution in [0.5, 0.6) is 5.88 Å². The zero-order chi connectivity index (χ0) is 20.8. The number of hydrogen-bond donors (Lipinski definition) is 2. The van der Waals surface area contributed by atoms with Crippen LogP contribution in [0.1, 0.15) is 6.42 Å². The van der Waals surface area contributed by atoms with Crippen molar-refractivity contribution in [3.63, 3.8) is 0 Å². The molecule has 0 saturated carbocycles. The molecule has 1 saturated heterocycles. The summed E-state index contributed by atoms with van der Waals surface area (Å²) in [5.74, 6) is 0.113. The molecule has 1 amide bonds. The van der Waals surface area contributed by atoms with Gasteiger partial charge in [0, 0.05) is 24.8 Å². The molecule has 2 N–H and O–H groups in total. The van der Waals surface area contributed by atoms with Crippen molar-refractivity contribution in [3.05, 3.63) is 30.7 Å². The van der Waals surface area contributed by atoms with Crippen molar-refractivity contribution in [2.24, 2.45) is 7.05 Å². The van der Waals surface area contributed by atoms with Crippen molar-refractivity contribution in [2.75, 3.05) is 23.3 Å². The molecule has 0 aromatic carbocycles. The van der Waals surface area contributed by atoms with E-state index in [0.717, 1.165) is 6.20 Å². The van der Waals surface area contributed by atoms with Gasteiger partial charge in [-0.15, -0.1) is 0 Å². The molecule has 3 aromatic rings. The highest BCUT2D eigenvalue weighted by Gasteiger charge is 2.30. The molecule has 1 fully saturated rings. The number of hydrogen-bond acceptors (Lipinski definition) is 8. The molecule has 0 bridgehead atoms. The Labute approximate surface area is 166 Å². The quantitative estimate of drug-likeness (QED) is 0.602. The number of aliphatic hydroxyl groups is 1. The highest BCUT2D eigenvalue weighted by molar-refractivity contribution is 7.92. The fraction of sp³-hybridized carbons (Fsp3) is 0.294. The summed E-state index contributed by atoms with van der Waals surface area (Å²) in [5.41, 5.74) is 0.675. The number of rotatable bonds is 5. The van der Waals surface area contributed by atoms with Crippen molar-refractivity contribution in [2.45, 2.75) is 17.4 Å². The number of β-amino-alcohol motifs (C(OH)–C–C–N with tert-alkyl or cyclic N) is 1. The second-order valence-corrected chi connectivity index (χ2v) is 8.22. The van der Waals surface area contributed by atoms with Crippen LogP contribution in [0.3, 0.4) is 0 Å². The minimum Gasteiger partial charge on any atom is -0.479 e. The summed E-state index contributed by atoms with van der Waals surface area (Å²) in [4.78, 5) is 21.3. The number of aryl methyl sites for hydroxylation is 1. The maximum atomic E-state index is 12.9. The van der Waals surface area contributed by atoms with Crippen LogP contribution in [-0.2, 0) is 21.9 Å². The average Bonchev–Trinajstić information content (AvgIpc) is 3.23. The van der Waals surface area contributed by atoms with Gasteiger partial charge >= 0.3 is 0 Å². The lowest BCUT2D eigenvalue weighted by Gasteiger charge is -2.16. The lowest BCUT2D eigenvalue weighted by atomic mass is 10.3. The number of carbonyl (C=O) groups is 1. The summed E-state index contributed by atoms with van der Waals surface area (Å²) in [6.07, 6.45) is 3.52. The van der Waals surface area contributed by atoms with Gasteiger partial charge in [-0.1, -0.05) is 0 Å². The summed E-state index contributed by atoms with van der Waals surface area (Å²) >= 11 is 0. The van der Waals surface area contributed by atoms with E-state index in [2.05, 4.69) is 19.8 Å². The number of methoxy groups -OCH3 is 1. The number of nitrogens with zero attached hydrogens (tertiary/aromatic N) is 5. The third kappa shape index (κ3) is 3.36. The van der Waals surface area contributed by atoms with Gasteiger partial charge in [-0.25, -0.2) is 18.4 Å².